The molecule has 2 aromatic rings. The molecule has 0 aliphatic carbocycles. The summed E-state index contributed by atoms with van der Waals surface area (Å²) in [6, 6.07) is 9.01. The highest BCUT2D eigenvalue weighted by molar-refractivity contribution is 6.42. The lowest BCUT2D eigenvalue weighted by molar-refractivity contribution is 0.175. The first-order valence-corrected chi connectivity index (χ1v) is 6.63. The van der Waals surface area contributed by atoms with Gasteiger partial charge in [-0.2, -0.15) is 0 Å². The van der Waals surface area contributed by atoms with Gasteiger partial charge in [0.15, 0.2) is 0 Å². The molecule has 1 atom stereocenters. The first kappa shape index (κ1) is 14.1. The van der Waals surface area contributed by atoms with Gasteiger partial charge in [-0.1, -0.05) is 35.3 Å². The molecule has 1 aromatic carbocycles. The highest BCUT2D eigenvalue weighted by Crippen LogP contribution is 2.23. The number of hydrogen-bond donors (Lipinski definition) is 2. The molecule has 0 radical (unpaired) electrons. The fourth-order valence-corrected chi connectivity index (χ4v) is 2.21. The zero-order valence-electron chi connectivity index (χ0n) is 10.2. The normalized spacial score (nSPS) is 12.4. The summed E-state index contributed by atoms with van der Waals surface area (Å²) in [6.07, 6.45) is 2.04. The molecule has 2 rings (SSSR count). The fourth-order valence-electron chi connectivity index (χ4n) is 1.89. The number of nitrogens with zero attached hydrogens (tertiary/aromatic N) is 1. The van der Waals surface area contributed by atoms with Crippen molar-refractivity contribution in [2.75, 3.05) is 5.73 Å². The van der Waals surface area contributed by atoms with Crippen LogP contribution in [-0.4, -0.2) is 16.2 Å². The first-order chi connectivity index (χ1) is 9.06. The van der Waals surface area contributed by atoms with E-state index in [1.54, 1.807) is 24.4 Å². The fraction of sp³-hybridized carbons (Fsp3) is 0.214. The standard InChI is InChI=1S/C14H14Cl2N2O/c15-12-4-3-9(7-13(12)16)6-11(19)8-10-2-1-5-18-14(10)17/h1-5,7,11,19H,6,8H2,(H2,17,18). The van der Waals surface area contributed by atoms with Crippen LogP contribution in [0.5, 0.6) is 0 Å². The van der Waals surface area contributed by atoms with Gasteiger partial charge in [-0.15, -0.1) is 0 Å². The molecule has 0 fully saturated rings. The highest BCUT2D eigenvalue weighted by atomic mass is 35.5. The summed E-state index contributed by atoms with van der Waals surface area (Å²) >= 11 is 11.8. The van der Waals surface area contributed by atoms with Crippen molar-refractivity contribution in [1.29, 1.82) is 0 Å². The predicted molar refractivity (Wildman–Crippen MR) is 78.5 cm³/mol. The van der Waals surface area contributed by atoms with Crippen LogP contribution < -0.4 is 5.73 Å². The van der Waals surface area contributed by atoms with Gasteiger partial charge in [-0.25, -0.2) is 4.98 Å². The molecule has 19 heavy (non-hydrogen) atoms. The monoisotopic (exact) mass is 296 g/mol. The van der Waals surface area contributed by atoms with Crippen molar-refractivity contribution >= 4 is 29.0 Å². The van der Waals surface area contributed by atoms with Crippen molar-refractivity contribution in [2.45, 2.75) is 18.9 Å². The van der Waals surface area contributed by atoms with Crippen LogP contribution in [0.2, 0.25) is 10.0 Å². The summed E-state index contributed by atoms with van der Waals surface area (Å²) in [7, 11) is 0. The number of aliphatic hydroxyl groups is 1. The molecule has 100 valence electrons. The van der Waals surface area contributed by atoms with Crippen LogP contribution in [0.15, 0.2) is 36.5 Å². The number of aromatic nitrogens is 1. The van der Waals surface area contributed by atoms with Crippen molar-refractivity contribution in [3.05, 3.63) is 57.7 Å². The van der Waals surface area contributed by atoms with Crippen LogP contribution in [0, 0.1) is 0 Å². The van der Waals surface area contributed by atoms with E-state index in [-0.39, 0.29) is 0 Å². The summed E-state index contributed by atoms with van der Waals surface area (Å²) in [5.41, 5.74) is 7.52. The Kier molecular flexibility index (Phi) is 4.64. The Hall–Kier alpha value is -1.29. The molecule has 1 heterocycles. The van der Waals surface area contributed by atoms with Gasteiger partial charge in [0, 0.05) is 12.6 Å². The molecule has 5 heteroatoms. The largest absolute Gasteiger partial charge is 0.392 e. The zero-order chi connectivity index (χ0) is 13.8. The number of nitrogen functional groups attached to an aromatic ring is 1. The van der Waals surface area contributed by atoms with Gasteiger partial charge < -0.3 is 10.8 Å². The van der Waals surface area contributed by atoms with Crippen LogP contribution in [-0.2, 0) is 12.8 Å². The summed E-state index contributed by atoms with van der Waals surface area (Å²) in [6.45, 7) is 0. The van der Waals surface area contributed by atoms with E-state index < -0.39 is 6.10 Å². The van der Waals surface area contributed by atoms with E-state index in [0.717, 1.165) is 11.1 Å². The lowest BCUT2D eigenvalue weighted by atomic mass is 10.0. The second-order valence-electron chi connectivity index (χ2n) is 4.36. The van der Waals surface area contributed by atoms with Gasteiger partial charge in [0.25, 0.3) is 0 Å². The van der Waals surface area contributed by atoms with E-state index in [2.05, 4.69) is 4.98 Å². The molecular weight excluding hydrogens is 283 g/mol. The number of halogens is 2. The molecular formula is C14H14Cl2N2O. The van der Waals surface area contributed by atoms with E-state index in [9.17, 15) is 5.11 Å². The quantitative estimate of drug-likeness (QED) is 0.911. The van der Waals surface area contributed by atoms with E-state index in [1.165, 1.54) is 0 Å². The van der Waals surface area contributed by atoms with Crippen molar-refractivity contribution in [1.82, 2.24) is 4.98 Å². The van der Waals surface area contributed by atoms with E-state index in [0.29, 0.717) is 28.7 Å². The SMILES string of the molecule is Nc1ncccc1CC(O)Cc1ccc(Cl)c(Cl)c1. The van der Waals surface area contributed by atoms with Crippen LogP contribution in [0.25, 0.3) is 0 Å². The number of benzene rings is 1. The summed E-state index contributed by atoms with van der Waals surface area (Å²) in [5.74, 6) is 0.454. The van der Waals surface area contributed by atoms with Crippen molar-refractivity contribution in [3.8, 4) is 0 Å². The summed E-state index contributed by atoms with van der Waals surface area (Å²) in [5, 5.41) is 11.1. The number of pyridine rings is 1. The van der Waals surface area contributed by atoms with Gasteiger partial charge >= 0.3 is 0 Å². The lowest BCUT2D eigenvalue weighted by Gasteiger charge is -2.12. The lowest BCUT2D eigenvalue weighted by Crippen LogP contribution is -2.15. The summed E-state index contributed by atoms with van der Waals surface area (Å²) in [4.78, 5) is 3.99. The van der Waals surface area contributed by atoms with Gasteiger partial charge in [-0.3, -0.25) is 0 Å². The van der Waals surface area contributed by atoms with Crippen molar-refractivity contribution in [2.24, 2.45) is 0 Å². The second kappa shape index (κ2) is 6.24. The molecule has 0 aliphatic heterocycles. The predicted octanol–water partition coefficient (Wildman–Crippen LogP) is 3.12. The third-order valence-electron chi connectivity index (χ3n) is 2.84. The number of hydrogen-bond acceptors (Lipinski definition) is 3. The smallest absolute Gasteiger partial charge is 0.126 e. The highest BCUT2D eigenvalue weighted by Gasteiger charge is 2.10. The van der Waals surface area contributed by atoms with Crippen LogP contribution in [0.1, 0.15) is 11.1 Å². The number of nitrogens with two attached hydrogens (primary N) is 1. The van der Waals surface area contributed by atoms with Crippen LogP contribution in [0.3, 0.4) is 0 Å². The molecule has 3 N–H and O–H groups in total. The van der Waals surface area contributed by atoms with Gasteiger partial charge in [-0.05, 0) is 35.7 Å². The molecule has 0 aliphatic rings. The third kappa shape index (κ3) is 3.83. The number of rotatable bonds is 4. The minimum Gasteiger partial charge on any atom is -0.392 e. The Morgan fingerprint density at radius 3 is 2.63 bits per heavy atom. The maximum atomic E-state index is 10.1. The Labute approximate surface area is 122 Å². The molecule has 0 bridgehead atoms. The average Bonchev–Trinajstić information content (AvgIpc) is 2.37. The molecule has 0 saturated carbocycles. The Morgan fingerprint density at radius 2 is 1.95 bits per heavy atom. The second-order valence-corrected chi connectivity index (χ2v) is 5.17. The number of anilines is 1. The van der Waals surface area contributed by atoms with Crippen molar-refractivity contribution < 1.29 is 5.11 Å². The van der Waals surface area contributed by atoms with Crippen molar-refractivity contribution in [3.63, 3.8) is 0 Å². The van der Waals surface area contributed by atoms with Crippen LogP contribution >= 0.6 is 23.2 Å². The first-order valence-electron chi connectivity index (χ1n) is 5.87. The third-order valence-corrected chi connectivity index (χ3v) is 3.58. The Morgan fingerprint density at radius 1 is 1.16 bits per heavy atom. The Bertz CT molecular complexity index is 575. The minimum atomic E-state index is -0.538. The van der Waals surface area contributed by atoms with Gasteiger partial charge in [0.2, 0.25) is 0 Å². The zero-order valence-corrected chi connectivity index (χ0v) is 11.7. The molecule has 3 nitrogen and oxygen atoms in total. The summed E-state index contributed by atoms with van der Waals surface area (Å²) < 4.78 is 0. The molecule has 1 unspecified atom stereocenters. The molecule has 1 aromatic heterocycles. The molecule has 0 amide bonds. The van der Waals surface area contributed by atoms with E-state index in [1.807, 2.05) is 12.1 Å². The maximum absolute atomic E-state index is 10.1. The van der Waals surface area contributed by atoms with Gasteiger partial charge in [0.1, 0.15) is 5.82 Å². The van der Waals surface area contributed by atoms with E-state index in [4.69, 9.17) is 28.9 Å². The van der Waals surface area contributed by atoms with Crippen LogP contribution in [0.4, 0.5) is 5.82 Å². The van der Waals surface area contributed by atoms with Gasteiger partial charge in [0.05, 0.1) is 16.1 Å². The molecule has 0 saturated heterocycles. The minimum absolute atomic E-state index is 0.454. The maximum Gasteiger partial charge on any atom is 0.126 e. The molecule has 0 spiro atoms. The van der Waals surface area contributed by atoms with E-state index >= 15 is 0 Å². The average molecular weight is 297 g/mol. The number of aliphatic hydroxyl groups excluding tert-OH is 1. The Balaban J connectivity index is 2.03. The topological polar surface area (TPSA) is 59.1 Å².